The average molecular weight is 265 g/mol. The van der Waals surface area contributed by atoms with E-state index in [0.29, 0.717) is 5.56 Å². The third-order valence-electron chi connectivity index (χ3n) is 2.20. The summed E-state index contributed by atoms with van der Waals surface area (Å²) in [5.74, 6) is -3.57. The highest BCUT2D eigenvalue weighted by molar-refractivity contribution is 5.95. The van der Waals surface area contributed by atoms with E-state index in [1.54, 1.807) is 31.2 Å². The monoisotopic (exact) mass is 264 g/mol. The maximum atomic E-state index is 12.8. The van der Waals surface area contributed by atoms with Gasteiger partial charge in [-0.1, -0.05) is 18.2 Å². The van der Waals surface area contributed by atoms with E-state index in [-0.39, 0.29) is 12.4 Å². The second kappa shape index (κ2) is 6.51. The number of nitrogens with one attached hydrogen (secondary N) is 1. The van der Waals surface area contributed by atoms with Gasteiger partial charge in [-0.3, -0.25) is 4.79 Å². The van der Waals surface area contributed by atoms with Crippen LogP contribution in [0.2, 0.25) is 0 Å². The first kappa shape index (κ1) is 15.8. The standard InChI is InChI=1S/C11H14F2N2O.ClH/c1-8-4-2-3-5-9(8)10(16)15-7-11(12,13)6-14;/h2-5H,6-7,14H2,1H3,(H,15,16);1H. The molecular weight excluding hydrogens is 250 g/mol. The molecule has 6 heteroatoms. The van der Waals surface area contributed by atoms with E-state index in [1.807, 2.05) is 0 Å². The van der Waals surface area contributed by atoms with Crippen LogP contribution in [0.3, 0.4) is 0 Å². The molecule has 0 unspecified atom stereocenters. The molecule has 0 aliphatic rings. The van der Waals surface area contributed by atoms with Crippen LogP contribution in [0.25, 0.3) is 0 Å². The van der Waals surface area contributed by atoms with Crippen molar-refractivity contribution in [1.82, 2.24) is 5.32 Å². The number of halogens is 3. The van der Waals surface area contributed by atoms with Crippen LogP contribution in [0.5, 0.6) is 0 Å². The minimum atomic E-state index is -3.06. The van der Waals surface area contributed by atoms with E-state index in [4.69, 9.17) is 5.73 Å². The van der Waals surface area contributed by atoms with Gasteiger partial charge in [0.25, 0.3) is 11.8 Å². The van der Waals surface area contributed by atoms with Gasteiger partial charge >= 0.3 is 0 Å². The quantitative estimate of drug-likeness (QED) is 0.870. The van der Waals surface area contributed by atoms with Crippen LogP contribution >= 0.6 is 12.4 Å². The van der Waals surface area contributed by atoms with Crippen LogP contribution in [0, 0.1) is 6.92 Å². The number of hydrogen-bond donors (Lipinski definition) is 2. The molecule has 1 rings (SSSR count). The zero-order valence-electron chi connectivity index (χ0n) is 9.37. The molecule has 1 aromatic carbocycles. The summed E-state index contributed by atoms with van der Waals surface area (Å²) in [5.41, 5.74) is 6.00. The summed E-state index contributed by atoms with van der Waals surface area (Å²) in [7, 11) is 0. The Balaban J connectivity index is 0.00000256. The van der Waals surface area contributed by atoms with Gasteiger partial charge in [0.15, 0.2) is 0 Å². The second-order valence-electron chi connectivity index (χ2n) is 3.56. The molecule has 0 saturated heterocycles. The lowest BCUT2D eigenvalue weighted by molar-refractivity contribution is 0.0118. The molecule has 0 atom stereocenters. The van der Waals surface area contributed by atoms with Crippen molar-refractivity contribution in [3.05, 3.63) is 35.4 Å². The lowest BCUT2D eigenvalue weighted by Crippen LogP contribution is -2.41. The van der Waals surface area contributed by atoms with Crippen molar-refractivity contribution in [1.29, 1.82) is 0 Å². The lowest BCUT2D eigenvalue weighted by Gasteiger charge is -2.15. The summed E-state index contributed by atoms with van der Waals surface area (Å²) in [6, 6.07) is 6.80. The van der Waals surface area contributed by atoms with Crippen LogP contribution in [0.4, 0.5) is 8.78 Å². The SMILES string of the molecule is Cc1ccccc1C(=O)NCC(F)(F)CN.Cl. The topological polar surface area (TPSA) is 55.1 Å². The molecule has 96 valence electrons. The molecule has 1 aromatic rings. The number of hydrogen-bond acceptors (Lipinski definition) is 2. The smallest absolute Gasteiger partial charge is 0.277 e. The molecule has 0 spiro atoms. The summed E-state index contributed by atoms with van der Waals surface area (Å²) in [6.07, 6.45) is 0. The molecule has 0 saturated carbocycles. The summed E-state index contributed by atoms with van der Waals surface area (Å²) < 4.78 is 25.6. The Labute approximate surface area is 105 Å². The fourth-order valence-electron chi connectivity index (χ4n) is 1.20. The fourth-order valence-corrected chi connectivity index (χ4v) is 1.20. The van der Waals surface area contributed by atoms with Crippen molar-refractivity contribution in [3.8, 4) is 0 Å². The minimum Gasteiger partial charge on any atom is -0.346 e. The maximum absolute atomic E-state index is 12.8. The highest BCUT2D eigenvalue weighted by atomic mass is 35.5. The Bertz CT molecular complexity index is 385. The van der Waals surface area contributed by atoms with E-state index >= 15 is 0 Å². The van der Waals surface area contributed by atoms with Gasteiger partial charge in [-0.2, -0.15) is 0 Å². The van der Waals surface area contributed by atoms with Gasteiger partial charge in [0.05, 0.1) is 13.1 Å². The molecule has 17 heavy (non-hydrogen) atoms. The number of aryl methyl sites for hydroxylation is 1. The predicted molar refractivity (Wildman–Crippen MR) is 64.8 cm³/mol. The first-order valence-corrected chi connectivity index (χ1v) is 4.88. The van der Waals surface area contributed by atoms with Gasteiger partial charge in [-0.05, 0) is 18.6 Å². The first-order chi connectivity index (χ1) is 7.46. The number of rotatable bonds is 4. The Morgan fingerprint density at radius 2 is 2.00 bits per heavy atom. The van der Waals surface area contributed by atoms with Gasteiger partial charge in [-0.15, -0.1) is 12.4 Å². The van der Waals surface area contributed by atoms with Gasteiger partial charge < -0.3 is 11.1 Å². The summed E-state index contributed by atoms with van der Waals surface area (Å²) in [5, 5.41) is 2.16. The Hall–Kier alpha value is -1.20. The molecular formula is C11H15ClF2N2O. The highest BCUT2D eigenvalue weighted by Gasteiger charge is 2.27. The highest BCUT2D eigenvalue weighted by Crippen LogP contribution is 2.10. The average Bonchev–Trinajstić information content (AvgIpc) is 2.27. The number of alkyl halides is 2. The molecule has 0 aromatic heterocycles. The predicted octanol–water partition coefficient (Wildman–Crippen LogP) is 1.74. The molecule has 3 nitrogen and oxygen atoms in total. The maximum Gasteiger partial charge on any atom is 0.277 e. The third kappa shape index (κ3) is 4.66. The zero-order chi connectivity index (χ0) is 12.2. The number of carbonyl (C=O) groups excluding carboxylic acids is 1. The van der Waals surface area contributed by atoms with Crippen LogP contribution < -0.4 is 11.1 Å². The Morgan fingerprint density at radius 1 is 1.41 bits per heavy atom. The van der Waals surface area contributed by atoms with Crippen molar-refractivity contribution < 1.29 is 13.6 Å². The lowest BCUT2D eigenvalue weighted by atomic mass is 10.1. The van der Waals surface area contributed by atoms with E-state index in [0.717, 1.165) is 5.56 Å². The van der Waals surface area contributed by atoms with Crippen LogP contribution in [-0.2, 0) is 0 Å². The minimum absolute atomic E-state index is 0. The summed E-state index contributed by atoms with van der Waals surface area (Å²) >= 11 is 0. The molecule has 0 aliphatic heterocycles. The van der Waals surface area contributed by atoms with E-state index in [9.17, 15) is 13.6 Å². The van der Waals surface area contributed by atoms with Gasteiger partial charge in [-0.25, -0.2) is 8.78 Å². The molecule has 0 fully saturated rings. The van der Waals surface area contributed by atoms with Crippen molar-refractivity contribution >= 4 is 18.3 Å². The number of nitrogens with two attached hydrogens (primary N) is 1. The van der Waals surface area contributed by atoms with E-state index in [2.05, 4.69) is 5.32 Å². The number of carbonyl (C=O) groups is 1. The number of benzene rings is 1. The normalized spacial score (nSPS) is 10.6. The molecule has 0 heterocycles. The fraction of sp³-hybridized carbons (Fsp3) is 0.364. The van der Waals surface area contributed by atoms with Crippen molar-refractivity contribution in [3.63, 3.8) is 0 Å². The molecule has 0 radical (unpaired) electrons. The third-order valence-corrected chi connectivity index (χ3v) is 2.20. The molecule has 3 N–H and O–H groups in total. The summed E-state index contributed by atoms with van der Waals surface area (Å²) in [6.45, 7) is 0.230. The van der Waals surface area contributed by atoms with Crippen molar-refractivity contribution in [2.24, 2.45) is 5.73 Å². The summed E-state index contributed by atoms with van der Waals surface area (Å²) in [4.78, 5) is 11.5. The number of amides is 1. The van der Waals surface area contributed by atoms with Gasteiger partial charge in [0, 0.05) is 5.56 Å². The van der Waals surface area contributed by atoms with Crippen molar-refractivity contribution in [2.75, 3.05) is 13.1 Å². The first-order valence-electron chi connectivity index (χ1n) is 4.88. The molecule has 0 aliphatic carbocycles. The Kier molecular flexibility index (Phi) is 6.05. The second-order valence-corrected chi connectivity index (χ2v) is 3.56. The van der Waals surface area contributed by atoms with E-state index in [1.165, 1.54) is 0 Å². The zero-order valence-corrected chi connectivity index (χ0v) is 10.2. The van der Waals surface area contributed by atoms with Gasteiger partial charge in [0.2, 0.25) is 0 Å². The molecule has 0 bridgehead atoms. The van der Waals surface area contributed by atoms with E-state index < -0.39 is 24.9 Å². The van der Waals surface area contributed by atoms with Crippen LogP contribution in [0.15, 0.2) is 24.3 Å². The van der Waals surface area contributed by atoms with Crippen LogP contribution in [-0.4, -0.2) is 24.9 Å². The van der Waals surface area contributed by atoms with Crippen LogP contribution in [0.1, 0.15) is 15.9 Å². The Morgan fingerprint density at radius 3 is 2.53 bits per heavy atom. The van der Waals surface area contributed by atoms with Gasteiger partial charge in [0.1, 0.15) is 0 Å². The largest absolute Gasteiger partial charge is 0.346 e. The van der Waals surface area contributed by atoms with Crippen molar-refractivity contribution in [2.45, 2.75) is 12.8 Å². The molecule has 1 amide bonds.